The summed E-state index contributed by atoms with van der Waals surface area (Å²) in [7, 11) is 0. The van der Waals surface area contributed by atoms with E-state index in [1.54, 1.807) is 12.1 Å². The Kier molecular flexibility index (Phi) is 5.12. The van der Waals surface area contributed by atoms with E-state index in [0.29, 0.717) is 18.5 Å². The van der Waals surface area contributed by atoms with Crippen molar-refractivity contribution in [2.75, 3.05) is 13.2 Å². The van der Waals surface area contributed by atoms with Crippen LogP contribution in [0.2, 0.25) is 0 Å². The maximum Gasteiger partial charge on any atom is 0.275 e. The molecule has 0 aliphatic carbocycles. The van der Waals surface area contributed by atoms with Crippen molar-refractivity contribution >= 4 is 11.8 Å². The highest BCUT2D eigenvalue weighted by Crippen LogP contribution is 2.08. The zero-order valence-electron chi connectivity index (χ0n) is 9.31. The number of hydroxylamine groups is 1. The topological polar surface area (TPSA) is 107 Å². The van der Waals surface area contributed by atoms with Crippen molar-refractivity contribution in [2.24, 2.45) is 11.5 Å². The molecule has 2 amide bonds. The van der Waals surface area contributed by atoms with Crippen molar-refractivity contribution in [1.29, 1.82) is 0 Å². The van der Waals surface area contributed by atoms with Gasteiger partial charge in [0.15, 0.2) is 6.61 Å². The van der Waals surface area contributed by atoms with E-state index in [9.17, 15) is 9.59 Å². The molecule has 0 atom stereocenters. The summed E-state index contributed by atoms with van der Waals surface area (Å²) in [6.45, 7) is 0.0945. The number of carbonyl (C=O) groups excluding carboxylic acids is 2. The van der Waals surface area contributed by atoms with Gasteiger partial charge >= 0.3 is 0 Å². The lowest BCUT2D eigenvalue weighted by molar-refractivity contribution is -0.124. The molecule has 17 heavy (non-hydrogen) atoms. The maximum atomic E-state index is 11.7. The van der Waals surface area contributed by atoms with E-state index in [1.807, 2.05) is 12.1 Å². The summed E-state index contributed by atoms with van der Waals surface area (Å²) < 4.78 is 0. The molecule has 0 unspecified atom stereocenters. The Bertz CT molecular complexity index is 407. The van der Waals surface area contributed by atoms with Crippen LogP contribution in [0.4, 0.5) is 0 Å². The molecule has 0 radical (unpaired) electrons. The smallest absolute Gasteiger partial charge is 0.275 e. The second-order valence-corrected chi connectivity index (χ2v) is 3.38. The molecule has 0 bridgehead atoms. The van der Waals surface area contributed by atoms with Gasteiger partial charge in [-0.3, -0.25) is 14.4 Å². The fraction of sp³-hybridized carbons (Fsp3) is 0.273. The van der Waals surface area contributed by atoms with Crippen LogP contribution in [-0.2, 0) is 16.1 Å². The minimum absolute atomic E-state index is 0.356. The van der Waals surface area contributed by atoms with Crippen molar-refractivity contribution in [3.8, 4) is 0 Å². The third-order valence-corrected chi connectivity index (χ3v) is 2.05. The molecule has 0 saturated carbocycles. The van der Waals surface area contributed by atoms with Gasteiger partial charge in [0.2, 0.25) is 5.91 Å². The Hall–Kier alpha value is -1.92. The van der Waals surface area contributed by atoms with E-state index >= 15 is 0 Å². The first-order valence-electron chi connectivity index (χ1n) is 5.13. The summed E-state index contributed by atoms with van der Waals surface area (Å²) in [6.07, 6.45) is 0.597. The number of primary amides is 1. The lowest BCUT2D eigenvalue weighted by Crippen LogP contribution is -2.30. The third kappa shape index (κ3) is 4.21. The van der Waals surface area contributed by atoms with Gasteiger partial charge in [-0.15, -0.1) is 0 Å². The van der Waals surface area contributed by atoms with Gasteiger partial charge in [-0.05, 0) is 24.6 Å². The first-order chi connectivity index (χ1) is 8.15. The van der Waals surface area contributed by atoms with Crippen molar-refractivity contribution in [1.82, 2.24) is 5.48 Å². The Balaban J connectivity index is 2.64. The lowest BCUT2D eigenvalue weighted by Gasteiger charge is -2.08. The fourth-order valence-corrected chi connectivity index (χ4v) is 1.34. The van der Waals surface area contributed by atoms with Gasteiger partial charge in [-0.2, -0.15) is 0 Å². The number of amides is 2. The van der Waals surface area contributed by atoms with Crippen LogP contribution >= 0.6 is 0 Å². The summed E-state index contributed by atoms with van der Waals surface area (Å²) >= 11 is 0. The summed E-state index contributed by atoms with van der Waals surface area (Å²) in [4.78, 5) is 26.7. The molecule has 0 aliphatic heterocycles. The zero-order chi connectivity index (χ0) is 12.7. The van der Waals surface area contributed by atoms with Gasteiger partial charge in [0.1, 0.15) is 0 Å². The molecule has 0 aliphatic rings. The van der Waals surface area contributed by atoms with E-state index in [1.165, 1.54) is 0 Å². The molecule has 6 heteroatoms. The zero-order valence-corrected chi connectivity index (χ0v) is 9.31. The van der Waals surface area contributed by atoms with Crippen LogP contribution in [0.25, 0.3) is 0 Å². The Labute approximate surface area is 98.9 Å². The molecule has 0 saturated heterocycles. The monoisotopic (exact) mass is 237 g/mol. The normalized spacial score (nSPS) is 9.94. The van der Waals surface area contributed by atoms with Crippen molar-refractivity contribution in [3.63, 3.8) is 0 Å². The maximum absolute atomic E-state index is 11.7. The van der Waals surface area contributed by atoms with Crippen LogP contribution in [0.3, 0.4) is 0 Å². The van der Waals surface area contributed by atoms with Crippen LogP contribution in [-0.4, -0.2) is 25.0 Å². The van der Waals surface area contributed by atoms with Crippen molar-refractivity contribution < 1.29 is 14.4 Å². The molecule has 1 rings (SSSR count). The second kappa shape index (κ2) is 6.62. The van der Waals surface area contributed by atoms with E-state index in [2.05, 4.69) is 10.3 Å². The molecule has 0 fully saturated rings. The van der Waals surface area contributed by atoms with Gasteiger partial charge in [-0.1, -0.05) is 18.2 Å². The molecule has 1 aromatic rings. The number of hydrogen-bond donors (Lipinski definition) is 3. The van der Waals surface area contributed by atoms with Crippen LogP contribution in [0, 0.1) is 0 Å². The van der Waals surface area contributed by atoms with E-state index in [0.717, 1.165) is 5.56 Å². The molecular formula is C11H15N3O3. The molecule has 5 N–H and O–H groups in total. The SMILES string of the molecule is NCCc1ccccc1C(=O)NOCC(N)=O. The average Bonchev–Trinajstić information content (AvgIpc) is 2.29. The van der Waals surface area contributed by atoms with Crippen LogP contribution < -0.4 is 16.9 Å². The summed E-state index contributed by atoms with van der Waals surface area (Å²) in [5.41, 5.74) is 13.8. The minimum Gasteiger partial charge on any atom is -0.368 e. The third-order valence-electron chi connectivity index (χ3n) is 2.05. The predicted molar refractivity (Wildman–Crippen MR) is 61.8 cm³/mol. The number of benzene rings is 1. The Morgan fingerprint density at radius 3 is 2.65 bits per heavy atom. The number of carbonyl (C=O) groups is 2. The largest absolute Gasteiger partial charge is 0.368 e. The Morgan fingerprint density at radius 1 is 1.29 bits per heavy atom. The van der Waals surface area contributed by atoms with Crippen LogP contribution in [0.5, 0.6) is 0 Å². The highest BCUT2D eigenvalue weighted by molar-refractivity contribution is 5.95. The molecular weight excluding hydrogens is 222 g/mol. The van der Waals surface area contributed by atoms with Gasteiger partial charge < -0.3 is 11.5 Å². The molecule has 92 valence electrons. The number of rotatable bonds is 6. The highest BCUT2D eigenvalue weighted by Gasteiger charge is 2.10. The molecule has 0 heterocycles. The minimum atomic E-state index is -0.652. The van der Waals surface area contributed by atoms with Gasteiger partial charge in [0, 0.05) is 5.56 Å². The summed E-state index contributed by atoms with van der Waals surface area (Å²) in [5, 5.41) is 0. The van der Waals surface area contributed by atoms with Gasteiger partial charge in [-0.25, -0.2) is 5.48 Å². The molecule has 1 aromatic carbocycles. The second-order valence-electron chi connectivity index (χ2n) is 3.38. The first-order valence-corrected chi connectivity index (χ1v) is 5.13. The van der Waals surface area contributed by atoms with Gasteiger partial charge in [0.25, 0.3) is 5.91 Å². The fourth-order valence-electron chi connectivity index (χ4n) is 1.34. The number of hydrogen-bond acceptors (Lipinski definition) is 4. The first kappa shape index (κ1) is 13.1. The summed E-state index contributed by atoms with van der Waals surface area (Å²) in [6, 6.07) is 7.04. The highest BCUT2D eigenvalue weighted by atomic mass is 16.7. The van der Waals surface area contributed by atoms with Crippen molar-refractivity contribution in [2.45, 2.75) is 6.42 Å². The molecule has 6 nitrogen and oxygen atoms in total. The quantitative estimate of drug-likeness (QED) is 0.570. The number of nitrogens with two attached hydrogens (primary N) is 2. The standard InChI is InChI=1S/C11H15N3O3/c12-6-5-8-3-1-2-4-9(8)11(16)14-17-7-10(13)15/h1-4H,5-7,12H2,(H2,13,15)(H,14,16). The average molecular weight is 237 g/mol. The summed E-state index contributed by atoms with van der Waals surface area (Å²) in [5.74, 6) is -1.07. The van der Waals surface area contributed by atoms with Gasteiger partial charge in [0.05, 0.1) is 0 Å². The van der Waals surface area contributed by atoms with E-state index in [4.69, 9.17) is 11.5 Å². The van der Waals surface area contributed by atoms with Crippen LogP contribution in [0.15, 0.2) is 24.3 Å². The molecule has 0 aromatic heterocycles. The predicted octanol–water partition coefficient (Wildman–Crippen LogP) is -0.665. The lowest BCUT2D eigenvalue weighted by atomic mass is 10.0. The van der Waals surface area contributed by atoms with E-state index < -0.39 is 11.8 Å². The van der Waals surface area contributed by atoms with E-state index in [-0.39, 0.29) is 6.61 Å². The van der Waals surface area contributed by atoms with Crippen molar-refractivity contribution in [3.05, 3.63) is 35.4 Å². The van der Waals surface area contributed by atoms with Crippen LogP contribution in [0.1, 0.15) is 15.9 Å². The Morgan fingerprint density at radius 2 is 2.00 bits per heavy atom. The molecule has 0 spiro atoms. The number of nitrogens with one attached hydrogen (secondary N) is 1.